The predicted octanol–water partition coefficient (Wildman–Crippen LogP) is 3.23. The van der Waals surface area contributed by atoms with Gasteiger partial charge in [0.25, 0.3) is 0 Å². The van der Waals surface area contributed by atoms with Crippen molar-refractivity contribution in [2.45, 2.75) is 44.9 Å². The number of ether oxygens (including phenoxy) is 2. The molecule has 1 aromatic heterocycles. The molecule has 0 saturated carbocycles. The summed E-state index contributed by atoms with van der Waals surface area (Å²) in [6.45, 7) is 7.75. The van der Waals surface area contributed by atoms with Crippen LogP contribution in [0.4, 0.5) is 0 Å². The maximum absolute atomic E-state index is 6.41. The molecular formula is C21H27N3O2. The third-order valence-electron chi connectivity index (χ3n) is 5.38. The lowest BCUT2D eigenvalue weighted by atomic mass is 9.89. The Morgan fingerprint density at radius 1 is 1.27 bits per heavy atom. The molecule has 0 unspecified atom stereocenters. The average Bonchev–Trinajstić information content (AvgIpc) is 2.97. The fraction of sp³-hybridized carbons (Fsp3) is 0.524. The Kier molecular flexibility index (Phi) is 4.92. The van der Waals surface area contributed by atoms with Crippen LogP contribution in [0.2, 0.25) is 0 Å². The monoisotopic (exact) mass is 353 g/mol. The summed E-state index contributed by atoms with van der Waals surface area (Å²) < 4.78 is 12.4. The normalized spacial score (nSPS) is 28.7. The molecule has 3 heterocycles. The second-order valence-corrected chi connectivity index (χ2v) is 7.79. The van der Waals surface area contributed by atoms with Crippen molar-refractivity contribution in [2.75, 3.05) is 19.7 Å². The smallest absolute Gasteiger partial charge is 0.125 e. The molecule has 4 rings (SSSR count). The quantitative estimate of drug-likeness (QED) is 0.826. The number of nitrogens with zero attached hydrogens (tertiary/aromatic N) is 3. The van der Waals surface area contributed by atoms with Gasteiger partial charge in [0.2, 0.25) is 0 Å². The van der Waals surface area contributed by atoms with E-state index in [-0.39, 0.29) is 5.60 Å². The van der Waals surface area contributed by atoms with E-state index in [1.54, 1.807) is 0 Å². The molecule has 0 amide bonds. The number of fused-ring (bicyclic) bond motifs is 1. The standard InChI is InChI=1S/C21H27N3O2/c1-16-22-10-8-18(23-16)14-24-11-9-20-17(13-24)12-21(2,26-20)15-25-19-6-4-3-5-7-19/h3-8,10,17,20H,9,11-15H2,1-2H3/t17-,20+,21-/m1/s1. The van der Waals surface area contributed by atoms with E-state index in [0.717, 1.165) is 49.7 Å². The molecule has 5 nitrogen and oxygen atoms in total. The molecule has 0 aliphatic carbocycles. The number of hydrogen-bond donors (Lipinski definition) is 0. The van der Waals surface area contributed by atoms with E-state index >= 15 is 0 Å². The van der Waals surface area contributed by atoms with Crippen molar-refractivity contribution in [1.29, 1.82) is 0 Å². The zero-order chi connectivity index (χ0) is 18.0. The van der Waals surface area contributed by atoms with Crippen LogP contribution in [0.15, 0.2) is 42.6 Å². The van der Waals surface area contributed by atoms with Crippen LogP contribution in [-0.4, -0.2) is 46.3 Å². The molecule has 3 atom stereocenters. The number of likely N-dealkylation sites (tertiary alicyclic amines) is 1. The lowest BCUT2D eigenvalue weighted by molar-refractivity contribution is -0.0698. The zero-order valence-corrected chi connectivity index (χ0v) is 15.6. The maximum atomic E-state index is 6.41. The van der Waals surface area contributed by atoms with Crippen molar-refractivity contribution in [2.24, 2.45) is 5.92 Å². The summed E-state index contributed by atoms with van der Waals surface area (Å²) in [5.74, 6) is 2.32. The minimum absolute atomic E-state index is 0.202. The molecule has 0 spiro atoms. The Labute approximate surface area is 155 Å². The topological polar surface area (TPSA) is 47.5 Å². The van der Waals surface area contributed by atoms with Crippen molar-refractivity contribution in [3.05, 3.63) is 54.1 Å². The fourth-order valence-corrected chi connectivity index (χ4v) is 4.22. The molecule has 2 fully saturated rings. The van der Waals surface area contributed by atoms with Gasteiger partial charge in [0.05, 0.1) is 11.8 Å². The van der Waals surface area contributed by atoms with E-state index in [9.17, 15) is 0 Å². The molecule has 2 saturated heterocycles. The zero-order valence-electron chi connectivity index (χ0n) is 15.6. The van der Waals surface area contributed by atoms with E-state index in [2.05, 4.69) is 21.8 Å². The number of aromatic nitrogens is 2. The van der Waals surface area contributed by atoms with Crippen molar-refractivity contribution < 1.29 is 9.47 Å². The van der Waals surface area contributed by atoms with Gasteiger partial charge in [-0.3, -0.25) is 4.90 Å². The van der Waals surface area contributed by atoms with Gasteiger partial charge in [-0.1, -0.05) is 18.2 Å². The van der Waals surface area contributed by atoms with E-state index in [1.165, 1.54) is 0 Å². The molecule has 26 heavy (non-hydrogen) atoms. The van der Waals surface area contributed by atoms with Crippen molar-refractivity contribution >= 4 is 0 Å². The van der Waals surface area contributed by atoms with E-state index in [4.69, 9.17) is 9.47 Å². The SMILES string of the molecule is Cc1nccc(CN2CC[C@@H]3O[C@@](C)(COc4ccccc4)C[C@@H]3C2)n1. The first kappa shape index (κ1) is 17.4. The first-order chi connectivity index (χ1) is 12.6. The van der Waals surface area contributed by atoms with Crippen LogP contribution in [-0.2, 0) is 11.3 Å². The molecule has 0 radical (unpaired) electrons. The Balaban J connectivity index is 1.33. The van der Waals surface area contributed by atoms with Crippen LogP contribution >= 0.6 is 0 Å². The number of rotatable bonds is 5. The van der Waals surface area contributed by atoms with Gasteiger partial charge in [-0.15, -0.1) is 0 Å². The van der Waals surface area contributed by atoms with Gasteiger partial charge >= 0.3 is 0 Å². The minimum atomic E-state index is -0.202. The number of piperidine rings is 1. The highest BCUT2D eigenvalue weighted by Crippen LogP contribution is 2.39. The molecule has 5 heteroatoms. The third kappa shape index (κ3) is 4.05. The van der Waals surface area contributed by atoms with E-state index in [1.807, 2.05) is 49.5 Å². The Hall–Kier alpha value is -1.98. The number of para-hydroxylation sites is 1. The summed E-state index contributed by atoms with van der Waals surface area (Å²) in [7, 11) is 0. The first-order valence-electron chi connectivity index (χ1n) is 9.46. The van der Waals surface area contributed by atoms with Crippen molar-refractivity contribution in [3.8, 4) is 5.75 Å². The van der Waals surface area contributed by atoms with E-state index in [0.29, 0.717) is 18.6 Å². The number of hydrogen-bond acceptors (Lipinski definition) is 5. The lowest BCUT2D eigenvalue weighted by Gasteiger charge is -2.33. The molecule has 2 aliphatic rings. The Bertz CT molecular complexity index is 739. The lowest BCUT2D eigenvalue weighted by Crippen LogP contribution is -2.40. The highest BCUT2D eigenvalue weighted by atomic mass is 16.6. The van der Waals surface area contributed by atoms with Crippen molar-refractivity contribution in [3.63, 3.8) is 0 Å². The number of benzene rings is 1. The molecule has 0 N–H and O–H groups in total. The fourth-order valence-electron chi connectivity index (χ4n) is 4.22. The molecule has 138 valence electrons. The summed E-state index contributed by atoms with van der Waals surface area (Å²) in [5.41, 5.74) is 0.900. The summed E-state index contributed by atoms with van der Waals surface area (Å²) in [4.78, 5) is 11.2. The van der Waals surface area contributed by atoms with Gasteiger partial charge in [0.15, 0.2) is 0 Å². The van der Waals surface area contributed by atoms with Crippen LogP contribution in [0.5, 0.6) is 5.75 Å². The summed E-state index contributed by atoms with van der Waals surface area (Å²) in [5, 5.41) is 0. The second-order valence-electron chi connectivity index (χ2n) is 7.79. The molecule has 1 aromatic carbocycles. The van der Waals surface area contributed by atoms with Gasteiger partial charge in [0.1, 0.15) is 23.8 Å². The van der Waals surface area contributed by atoms with E-state index < -0.39 is 0 Å². The van der Waals surface area contributed by atoms with Gasteiger partial charge in [-0.2, -0.15) is 0 Å². The largest absolute Gasteiger partial charge is 0.491 e. The third-order valence-corrected chi connectivity index (χ3v) is 5.38. The summed E-state index contributed by atoms with van der Waals surface area (Å²) in [6, 6.07) is 12.0. The second kappa shape index (κ2) is 7.33. The maximum Gasteiger partial charge on any atom is 0.125 e. The van der Waals surface area contributed by atoms with Crippen molar-refractivity contribution in [1.82, 2.24) is 14.9 Å². The average molecular weight is 353 g/mol. The van der Waals surface area contributed by atoms with Gasteiger partial charge in [-0.05, 0) is 44.9 Å². The molecule has 2 aliphatic heterocycles. The van der Waals surface area contributed by atoms with Gasteiger partial charge in [-0.25, -0.2) is 9.97 Å². The van der Waals surface area contributed by atoms with Crippen LogP contribution in [0, 0.1) is 12.8 Å². The predicted molar refractivity (Wildman–Crippen MR) is 100.0 cm³/mol. The highest BCUT2D eigenvalue weighted by molar-refractivity contribution is 5.21. The minimum Gasteiger partial charge on any atom is -0.491 e. The first-order valence-corrected chi connectivity index (χ1v) is 9.46. The molecular weight excluding hydrogens is 326 g/mol. The van der Waals surface area contributed by atoms with Crippen LogP contribution in [0.25, 0.3) is 0 Å². The van der Waals surface area contributed by atoms with Crippen LogP contribution < -0.4 is 4.74 Å². The van der Waals surface area contributed by atoms with Gasteiger partial charge in [0, 0.05) is 31.7 Å². The summed E-state index contributed by atoms with van der Waals surface area (Å²) >= 11 is 0. The Morgan fingerprint density at radius 2 is 2.12 bits per heavy atom. The number of aryl methyl sites for hydroxylation is 1. The Morgan fingerprint density at radius 3 is 2.92 bits per heavy atom. The molecule has 2 aromatic rings. The van der Waals surface area contributed by atoms with Crippen LogP contribution in [0.3, 0.4) is 0 Å². The molecule has 0 bridgehead atoms. The summed E-state index contributed by atoms with van der Waals surface area (Å²) in [6.07, 6.45) is 4.32. The van der Waals surface area contributed by atoms with Crippen LogP contribution in [0.1, 0.15) is 31.3 Å². The van der Waals surface area contributed by atoms with Gasteiger partial charge < -0.3 is 9.47 Å². The highest BCUT2D eigenvalue weighted by Gasteiger charge is 2.46.